The van der Waals surface area contributed by atoms with Gasteiger partial charge in [-0.3, -0.25) is 4.79 Å². The van der Waals surface area contributed by atoms with E-state index in [1.807, 2.05) is 0 Å². The number of fused-ring (bicyclic) bond motifs is 1. The molecule has 27 heavy (non-hydrogen) atoms. The van der Waals surface area contributed by atoms with Gasteiger partial charge in [0.25, 0.3) is 0 Å². The van der Waals surface area contributed by atoms with Crippen LogP contribution >= 0.6 is 0 Å². The summed E-state index contributed by atoms with van der Waals surface area (Å²) in [7, 11) is -1.88. The van der Waals surface area contributed by atoms with E-state index in [9.17, 15) is 17.6 Å². The Morgan fingerprint density at radius 3 is 2.85 bits per heavy atom. The van der Waals surface area contributed by atoms with Gasteiger partial charge >= 0.3 is 0 Å². The third-order valence-corrected chi connectivity index (χ3v) is 7.77. The molecular weight excluding hydrogens is 371 g/mol. The van der Waals surface area contributed by atoms with Crippen LogP contribution in [0.1, 0.15) is 37.7 Å². The molecule has 2 aliphatic rings. The molecule has 1 aliphatic heterocycles. The number of anilines is 1. The molecule has 0 bridgehead atoms. The molecular formula is C19H27FN2O4S. The van der Waals surface area contributed by atoms with Crippen molar-refractivity contribution in [1.82, 2.24) is 4.31 Å². The maximum absolute atomic E-state index is 13.9. The molecule has 1 N–H and O–H groups in total. The summed E-state index contributed by atoms with van der Waals surface area (Å²) in [6.07, 6.45) is 3.35. The number of carbonyl (C=O) groups is 1. The molecule has 8 heteroatoms. The summed E-state index contributed by atoms with van der Waals surface area (Å²) < 4.78 is 45.7. The van der Waals surface area contributed by atoms with Crippen molar-refractivity contribution < 1.29 is 22.3 Å². The van der Waals surface area contributed by atoms with E-state index in [1.165, 1.54) is 17.5 Å². The van der Waals surface area contributed by atoms with Gasteiger partial charge in [-0.1, -0.05) is 18.9 Å². The number of halogens is 1. The normalized spacial score (nSPS) is 27.7. The second-order valence-corrected chi connectivity index (χ2v) is 9.55. The minimum Gasteiger partial charge on any atom is -0.383 e. The summed E-state index contributed by atoms with van der Waals surface area (Å²) in [6.45, 7) is 2.20. The molecule has 2 atom stereocenters. The zero-order chi connectivity index (χ0) is 19.7. The topological polar surface area (TPSA) is 75.7 Å². The quantitative estimate of drug-likeness (QED) is 0.827. The maximum Gasteiger partial charge on any atom is 0.232 e. The SMILES string of the molecule is COCCN1[C@@H]2CCCC[C@@]2(C(=O)Nc2ccc(C)c(F)c2)CCS1(=O)=O. The van der Waals surface area contributed by atoms with Crippen LogP contribution in [-0.4, -0.2) is 50.7 Å². The Kier molecular flexibility index (Phi) is 5.88. The van der Waals surface area contributed by atoms with E-state index < -0.39 is 15.4 Å². The van der Waals surface area contributed by atoms with Crippen molar-refractivity contribution in [3.8, 4) is 0 Å². The standard InChI is InChI=1S/C19H27FN2O4S/c1-14-6-7-15(13-16(14)20)21-18(23)19-8-4-3-5-17(19)22(10-11-26-2)27(24,25)12-9-19/h6-7,13,17H,3-5,8-12H2,1-2H3,(H,21,23)/t17-,19-/m1/s1. The van der Waals surface area contributed by atoms with Gasteiger partial charge in [-0.2, -0.15) is 4.31 Å². The largest absolute Gasteiger partial charge is 0.383 e. The Morgan fingerprint density at radius 1 is 1.37 bits per heavy atom. The second-order valence-electron chi connectivity index (χ2n) is 7.51. The molecule has 1 heterocycles. The number of hydrogen-bond donors (Lipinski definition) is 1. The number of rotatable bonds is 5. The van der Waals surface area contributed by atoms with Gasteiger partial charge in [-0.15, -0.1) is 0 Å². The van der Waals surface area contributed by atoms with Crippen LogP contribution in [0.2, 0.25) is 0 Å². The molecule has 1 saturated carbocycles. The van der Waals surface area contributed by atoms with Gasteiger partial charge in [0.15, 0.2) is 0 Å². The maximum atomic E-state index is 13.9. The minimum absolute atomic E-state index is 0.0527. The fraction of sp³-hybridized carbons (Fsp3) is 0.632. The number of methoxy groups -OCH3 is 1. The van der Waals surface area contributed by atoms with Crippen LogP contribution in [0.4, 0.5) is 10.1 Å². The number of ether oxygens (including phenoxy) is 1. The van der Waals surface area contributed by atoms with Crippen molar-refractivity contribution in [1.29, 1.82) is 0 Å². The Hall–Kier alpha value is -1.51. The summed E-state index contributed by atoms with van der Waals surface area (Å²) in [5.74, 6) is -0.644. The number of hydrogen-bond acceptors (Lipinski definition) is 4. The molecule has 1 aliphatic carbocycles. The number of nitrogens with zero attached hydrogens (tertiary/aromatic N) is 1. The lowest BCUT2D eigenvalue weighted by atomic mass is 9.67. The smallest absolute Gasteiger partial charge is 0.232 e. The molecule has 2 fully saturated rings. The van der Waals surface area contributed by atoms with Gasteiger partial charge < -0.3 is 10.1 Å². The fourth-order valence-corrected chi connectivity index (χ4v) is 6.24. The van der Waals surface area contributed by atoms with E-state index in [0.717, 1.165) is 12.8 Å². The van der Waals surface area contributed by atoms with Crippen molar-refractivity contribution >= 4 is 21.6 Å². The molecule has 0 unspecified atom stereocenters. The number of sulfonamides is 1. The van der Waals surface area contributed by atoms with Crippen molar-refractivity contribution in [3.05, 3.63) is 29.6 Å². The molecule has 0 spiro atoms. The highest BCUT2D eigenvalue weighted by Crippen LogP contribution is 2.47. The fourth-order valence-electron chi connectivity index (χ4n) is 4.34. The molecule has 0 radical (unpaired) electrons. The van der Waals surface area contributed by atoms with E-state index in [-0.39, 0.29) is 36.7 Å². The van der Waals surface area contributed by atoms with Gasteiger partial charge in [0.05, 0.1) is 17.8 Å². The van der Waals surface area contributed by atoms with Crippen molar-refractivity contribution in [3.63, 3.8) is 0 Å². The van der Waals surface area contributed by atoms with E-state index in [1.54, 1.807) is 19.1 Å². The highest BCUT2D eigenvalue weighted by Gasteiger charge is 2.55. The second kappa shape index (κ2) is 7.85. The molecule has 1 saturated heterocycles. The van der Waals surface area contributed by atoms with Crippen LogP contribution in [0.5, 0.6) is 0 Å². The number of carbonyl (C=O) groups excluding carboxylic acids is 1. The van der Waals surface area contributed by atoms with E-state index >= 15 is 0 Å². The van der Waals surface area contributed by atoms with E-state index in [4.69, 9.17) is 4.74 Å². The third-order valence-electron chi connectivity index (χ3n) is 5.90. The first-order chi connectivity index (χ1) is 12.8. The van der Waals surface area contributed by atoms with Gasteiger partial charge in [-0.05, 0) is 43.9 Å². The van der Waals surface area contributed by atoms with Gasteiger partial charge in [-0.25, -0.2) is 12.8 Å². The Morgan fingerprint density at radius 2 is 2.15 bits per heavy atom. The monoisotopic (exact) mass is 398 g/mol. The molecule has 1 amide bonds. The average Bonchev–Trinajstić information content (AvgIpc) is 2.63. The van der Waals surface area contributed by atoms with Crippen LogP contribution in [-0.2, 0) is 19.6 Å². The summed E-state index contributed by atoms with van der Waals surface area (Å²) >= 11 is 0. The van der Waals surface area contributed by atoms with Crippen LogP contribution in [0, 0.1) is 18.2 Å². The van der Waals surface area contributed by atoms with E-state index in [0.29, 0.717) is 30.5 Å². The highest BCUT2D eigenvalue weighted by atomic mass is 32.2. The predicted molar refractivity (Wildman–Crippen MR) is 101 cm³/mol. The first-order valence-corrected chi connectivity index (χ1v) is 11.0. The Balaban J connectivity index is 1.90. The molecule has 3 rings (SSSR count). The molecule has 1 aromatic rings. The van der Waals surface area contributed by atoms with Gasteiger partial charge in [0, 0.05) is 25.4 Å². The molecule has 150 valence electrons. The summed E-state index contributed by atoms with van der Waals surface area (Å²) in [5.41, 5.74) is 0.133. The minimum atomic E-state index is -3.41. The zero-order valence-electron chi connectivity index (χ0n) is 15.8. The number of benzene rings is 1. The highest BCUT2D eigenvalue weighted by molar-refractivity contribution is 7.89. The molecule has 0 aromatic heterocycles. The number of nitrogens with one attached hydrogen (secondary N) is 1. The van der Waals surface area contributed by atoms with Crippen LogP contribution in [0.15, 0.2) is 18.2 Å². The summed E-state index contributed by atoms with van der Waals surface area (Å²) in [6, 6.07) is 4.23. The molecule has 1 aromatic carbocycles. The summed E-state index contributed by atoms with van der Waals surface area (Å²) in [5, 5.41) is 2.84. The van der Waals surface area contributed by atoms with Crippen LogP contribution < -0.4 is 5.32 Å². The molecule has 6 nitrogen and oxygen atoms in total. The third kappa shape index (κ3) is 3.88. The predicted octanol–water partition coefficient (Wildman–Crippen LogP) is 2.68. The number of amides is 1. The first kappa shape index (κ1) is 20.2. The van der Waals surface area contributed by atoms with Gasteiger partial charge in [0.1, 0.15) is 5.82 Å². The van der Waals surface area contributed by atoms with E-state index in [2.05, 4.69) is 5.32 Å². The van der Waals surface area contributed by atoms with Crippen LogP contribution in [0.3, 0.4) is 0 Å². The Bertz CT molecular complexity index is 814. The lowest BCUT2D eigenvalue weighted by molar-refractivity contribution is -0.132. The summed E-state index contributed by atoms with van der Waals surface area (Å²) in [4.78, 5) is 13.3. The lowest BCUT2D eigenvalue weighted by Gasteiger charge is -2.50. The first-order valence-electron chi connectivity index (χ1n) is 9.36. The van der Waals surface area contributed by atoms with Crippen molar-refractivity contribution in [2.45, 2.75) is 45.1 Å². The lowest BCUT2D eigenvalue weighted by Crippen LogP contribution is -2.62. The average molecular weight is 399 g/mol. The Labute approximate surface area is 160 Å². The van der Waals surface area contributed by atoms with Crippen molar-refractivity contribution in [2.24, 2.45) is 5.41 Å². The zero-order valence-corrected chi connectivity index (χ0v) is 16.6. The van der Waals surface area contributed by atoms with Crippen LogP contribution in [0.25, 0.3) is 0 Å². The van der Waals surface area contributed by atoms with Crippen molar-refractivity contribution in [2.75, 3.05) is 31.3 Å². The number of aryl methyl sites for hydroxylation is 1. The van der Waals surface area contributed by atoms with Gasteiger partial charge in [0.2, 0.25) is 15.9 Å².